The lowest BCUT2D eigenvalue weighted by Gasteiger charge is -2.50. The van der Waals surface area contributed by atoms with Crippen molar-refractivity contribution in [3.05, 3.63) is 129 Å². The lowest BCUT2D eigenvalue weighted by Crippen LogP contribution is -2.68. The maximum absolute atomic E-state index is 12.4. The summed E-state index contributed by atoms with van der Waals surface area (Å²) in [5.74, 6) is 1.23. The van der Waals surface area contributed by atoms with E-state index in [0.29, 0.717) is 0 Å². The predicted octanol–water partition coefficient (Wildman–Crippen LogP) is -3.24. The van der Waals surface area contributed by atoms with Gasteiger partial charge in [0.25, 0.3) is 0 Å². The Hall–Kier alpha value is -7.56. The van der Waals surface area contributed by atoms with E-state index in [-0.39, 0.29) is 87.0 Å². The summed E-state index contributed by atoms with van der Waals surface area (Å²) in [6, 6.07) is 21.8. The van der Waals surface area contributed by atoms with Crippen molar-refractivity contribution in [2.75, 3.05) is 83.0 Å². The Balaban J connectivity index is 0.783. The van der Waals surface area contributed by atoms with Gasteiger partial charge in [0, 0.05) is 88.3 Å². The van der Waals surface area contributed by atoms with Gasteiger partial charge >= 0.3 is 0 Å². The van der Waals surface area contributed by atoms with Crippen LogP contribution in [0, 0.1) is 0 Å². The molecule has 0 spiro atoms. The number of ether oxygens (including phenoxy) is 14. The molecule has 42 heteroatoms. The summed E-state index contributed by atoms with van der Waals surface area (Å²) in [7, 11) is 0. The quantitative estimate of drug-likeness (QED) is 0.0336. The third-order valence-corrected chi connectivity index (χ3v) is 20.5. The van der Waals surface area contributed by atoms with Crippen LogP contribution in [0.15, 0.2) is 160 Å². The van der Waals surface area contributed by atoms with Crippen molar-refractivity contribution in [3.8, 4) is 0 Å². The van der Waals surface area contributed by atoms with Gasteiger partial charge in [-0.2, -0.15) is 0 Å². The third kappa shape index (κ3) is 17.6. The largest absolute Gasteiger partial charge is 0.449 e. The van der Waals surface area contributed by atoms with E-state index in [1.165, 1.54) is 43.8 Å². The van der Waals surface area contributed by atoms with Gasteiger partial charge in [-0.25, -0.2) is 0 Å². The highest BCUT2D eigenvalue weighted by Crippen LogP contribution is 2.41. The lowest BCUT2D eigenvalue weighted by atomic mass is 9.94. The molecule has 42 nitrogen and oxygen atoms in total. The molecule has 21 aliphatic rings. The molecule has 21 fully saturated rings. The monoisotopic (exact) mass is 1590 g/mol. The van der Waals surface area contributed by atoms with Crippen LogP contribution in [0.4, 0.5) is 41.2 Å². The van der Waals surface area contributed by atoms with Gasteiger partial charge in [0.2, 0.25) is 0 Å². The number of hydrogen-bond donors (Lipinski definition) is 21. The summed E-state index contributed by atoms with van der Waals surface area (Å²) in [5.41, 5.74) is 0. The van der Waals surface area contributed by atoms with Gasteiger partial charge in [-0.1, -0.05) is 0 Å². The third-order valence-electron chi connectivity index (χ3n) is 20.5. The molecule has 28 heterocycles. The molecule has 21 aliphatic heterocycles. The van der Waals surface area contributed by atoms with Crippen LogP contribution < -0.4 is 37.2 Å². The molecule has 0 aliphatic carbocycles. The topological polar surface area (TPSA) is 589 Å². The zero-order valence-corrected chi connectivity index (χ0v) is 59.1. The number of hydrogen-bond acceptors (Lipinski definition) is 42. The number of aliphatic hydroxyl groups is 14. The first-order valence-corrected chi connectivity index (χ1v) is 36.4. The first kappa shape index (κ1) is 79.7. The van der Waals surface area contributed by atoms with Gasteiger partial charge in [-0.15, -0.1) is 0 Å². The second kappa shape index (κ2) is 35.7. The summed E-state index contributed by atoms with van der Waals surface area (Å²) in [4.78, 5) is 0. The van der Waals surface area contributed by atoms with Crippen molar-refractivity contribution >= 4 is 41.2 Å². The van der Waals surface area contributed by atoms with Crippen molar-refractivity contribution in [1.82, 2.24) is 0 Å². The van der Waals surface area contributed by atoms with Crippen LogP contribution in [0.1, 0.15) is 0 Å². The SMILES string of the molecule is O[C@@H]1[C@@H](O)[C@H]2O[C@H]3[C@H](O)[C@@H](O)[C@@H](O[C@H]4[C@H](O)[C@@H](O)[C@@H](O[C@H]5[C@H](O)[C@@H](O)[C@@H](O[C@H]6[C@H](O)[C@@H](O)[C@@H](O[C@H]7[C@H](O)[C@@H](O)[C@@H](O[C@H]8[C@H](O)[C@@H](O)[C@@H](O[C@@H]1[C@@H](CNc1ccco1)O2)O[C@@H]8CNc1ccco1)O[C@@H]7CNc1ccco1)O[C@@H]6CNc1ccco1)O[C@@H]5CNc1ccco1)O[C@@H]4CNc1ccco1)O[C@@H]3CNc1ccco1. The van der Waals surface area contributed by atoms with Gasteiger partial charge < -0.3 is 206 Å². The van der Waals surface area contributed by atoms with E-state index in [2.05, 4.69) is 37.2 Å². The molecule has 14 bridgehead atoms. The Kier molecular flexibility index (Phi) is 25.4. The highest BCUT2D eigenvalue weighted by atomic mass is 16.8. The summed E-state index contributed by atoms with van der Waals surface area (Å²) in [6.45, 7) is -2.43. The lowest BCUT2D eigenvalue weighted by molar-refractivity contribution is -0.390. The van der Waals surface area contributed by atoms with E-state index in [9.17, 15) is 71.5 Å². The smallest absolute Gasteiger partial charge is 0.192 e. The second-order valence-electron chi connectivity index (χ2n) is 27.9. The molecular formula is C70H91N7O35. The second-order valence-corrected chi connectivity index (χ2v) is 27.9. The van der Waals surface area contributed by atoms with Crippen LogP contribution in [0.3, 0.4) is 0 Å². The number of furan rings is 7. The van der Waals surface area contributed by atoms with Crippen molar-refractivity contribution in [2.45, 2.75) is 215 Å². The first-order chi connectivity index (χ1) is 54.3. The molecule has 0 radical (unpaired) electrons. The van der Waals surface area contributed by atoms with E-state index in [4.69, 9.17) is 97.2 Å². The van der Waals surface area contributed by atoms with Gasteiger partial charge in [-0.3, -0.25) is 0 Å². The molecule has 112 heavy (non-hydrogen) atoms. The normalized spacial score (nSPS) is 41.5. The van der Waals surface area contributed by atoms with Crippen LogP contribution in [-0.2, 0) is 66.3 Å². The summed E-state index contributed by atoms with van der Waals surface area (Å²) in [5, 5.41) is 193. The molecule has 28 rings (SSSR count). The maximum atomic E-state index is 12.4. The van der Waals surface area contributed by atoms with Gasteiger partial charge in [0.05, 0.1) is 43.8 Å². The van der Waals surface area contributed by atoms with Gasteiger partial charge in [0.15, 0.2) is 85.2 Å². The maximum Gasteiger partial charge on any atom is 0.192 e. The summed E-state index contributed by atoms with van der Waals surface area (Å²) >= 11 is 0. The Morgan fingerprint density at radius 2 is 0.304 bits per heavy atom. The number of rotatable bonds is 21. The molecule has 7 aromatic rings. The zero-order valence-electron chi connectivity index (χ0n) is 59.1. The molecule has 0 saturated carbocycles. The van der Waals surface area contributed by atoms with E-state index >= 15 is 0 Å². The van der Waals surface area contributed by atoms with Crippen molar-refractivity contribution in [2.24, 2.45) is 0 Å². The molecule has 0 aromatic carbocycles. The Labute approximate surface area is 634 Å². The fourth-order valence-corrected chi connectivity index (χ4v) is 14.6. The fraction of sp³-hybridized carbons (Fsp3) is 0.600. The Morgan fingerprint density at radius 1 is 0.179 bits per heavy atom. The fourth-order valence-electron chi connectivity index (χ4n) is 14.6. The van der Waals surface area contributed by atoms with Crippen LogP contribution in [-0.4, -0.2) is 332 Å². The van der Waals surface area contributed by atoms with Crippen LogP contribution >= 0.6 is 0 Å². The van der Waals surface area contributed by atoms with Gasteiger partial charge in [-0.05, 0) is 42.5 Å². The first-order valence-electron chi connectivity index (χ1n) is 36.4. The predicted molar refractivity (Wildman–Crippen MR) is 369 cm³/mol. The average Bonchev–Trinajstić information content (AvgIpc) is 0.861. The van der Waals surface area contributed by atoms with Crippen LogP contribution in [0.2, 0.25) is 0 Å². The van der Waals surface area contributed by atoms with Gasteiger partial charge in [0.1, 0.15) is 171 Å². The standard InChI is InChI=1S/C70H91N7O35/c78-43-50(85)64-99-29(22-71-36-8-1-15-92-36)57(43)106-65-51(86)44(79)59(31(100-65)24-73-38-10-3-17-94-38)108-67-53(88)46(81)61(33(102-67)26-75-40-12-5-19-96-40)110-69-55(90)48(83)63(35(104-69)28-77-42-14-7-21-98-42)112-70-56(91)49(84)62(34(105-70)27-76-41-13-6-20-97-41)111-68-54(89)47(82)60(32(103-68)25-74-39-11-4-18-95-39)109-66-52(87)45(80)58(107-64)30(101-66)23-72-37-9-2-16-93-37/h1-21,29-35,43-91H,22-28H2/t29-,30-,31-,32-,33-,34-,35-,43-,44-,45-,46-,47-,48-,49-,50-,51-,52-,53-,54-,55-,56-,57-,58-,59-,60-,61-,62-,63-,64-,65-,66-,67-,68-,69-,70-/m1/s1. The minimum Gasteiger partial charge on any atom is -0.449 e. The van der Waals surface area contributed by atoms with E-state index in [0.717, 1.165) is 0 Å². The molecule has 0 unspecified atom stereocenters. The van der Waals surface area contributed by atoms with E-state index in [1.807, 2.05) is 0 Å². The van der Waals surface area contributed by atoms with Crippen LogP contribution in [0.25, 0.3) is 0 Å². The van der Waals surface area contributed by atoms with Crippen molar-refractivity contribution < 1.29 is 169 Å². The van der Waals surface area contributed by atoms with E-state index < -0.39 is 215 Å². The zero-order chi connectivity index (χ0) is 77.8. The summed E-state index contributed by atoms with van der Waals surface area (Å²) in [6.07, 6.45) is -56.6. The number of anilines is 7. The minimum absolute atomic E-state index is 0.175. The molecule has 7 aromatic heterocycles. The van der Waals surface area contributed by atoms with Crippen molar-refractivity contribution in [1.29, 1.82) is 0 Å². The molecule has 35 atom stereocenters. The number of aliphatic hydroxyl groups excluding tert-OH is 14. The Bertz CT molecular complexity index is 3170. The van der Waals surface area contributed by atoms with Crippen LogP contribution in [0.5, 0.6) is 0 Å². The van der Waals surface area contributed by atoms with E-state index in [1.54, 1.807) is 84.9 Å². The Morgan fingerprint density at radius 3 is 0.411 bits per heavy atom. The van der Waals surface area contributed by atoms with Crippen molar-refractivity contribution in [3.63, 3.8) is 0 Å². The average molecular weight is 1590 g/mol. The minimum atomic E-state index is -2.15. The molecular weight excluding hydrogens is 1500 g/mol. The molecule has 0 amide bonds. The molecule has 616 valence electrons. The summed E-state index contributed by atoms with van der Waals surface area (Å²) < 4.78 is 129. The highest BCUT2D eigenvalue weighted by Gasteiger charge is 2.60. The highest BCUT2D eigenvalue weighted by molar-refractivity contribution is 5.35. The molecule has 21 N–H and O–H groups in total. The number of nitrogens with one attached hydrogen (secondary N) is 7. The molecule has 21 saturated heterocycles.